The van der Waals surface area contributed by atoms with E-state index >= 15 is 0 Å². The largest absolute Gasteiger partial charge is 0.370 e. The van der Waals surface area contributed by atoms with Gasteiger partial charge in [-0.25, -0.2) is 5.26 Å². The fourth-order valence-corrected chi connectivity index (χ4v) is 1.61. The highest BCUT2D eigenvalue weighted by Crippen LogP contribution is 2.32. The molecule has 2 aliphatic rings. The minimum Gasteiger partial charge on any atom is -0.370 e. The van der Waals surface area contributed by atoms with Gasteiger partial charge in [0.1, 0.15) is 13.1 Å². The normalized spacial score (nSPS) is 34.1. The lowest BCUT2D eigenvalue weighted by Crippen LogP contribution is -2.41. The molecule has 1 spiro atoms. The van der Waals surface area contributed by atoms with Crippen molar-refractivity contribution in [3.8, 4) is 0 Å². The molecular formula is C6H12NO4+. The summed E-state index contributed by atoms with van der Waals surface area (Å²) in [7, 11) is 0. The van der Waals surface area contributed by atoms with Gasteiger partial charge in [-0.1, -0.05) is 5.04 Å². The maximum atomic E-state index is 8.03. The van der Waals surface area contributed by atoms with Gasteiger partial charge in [-0.2, -0.15) is 0 Å². The molecule has 11 heavy (non-hydrogen) atoms. The molecule has 1 atom stereocenters. The highest BCUT2D eigenvalue weighted by Gasteiger charge is 2.58. The maximum absolute atomic E-state index is 8.03. The summed E-state index contributed by atoms with van der Waals surface area (Å²) in [6.45, 7) is 4.43. The number of rotatable bonds is 2. The van der Waals surface area contributed by atoms with E-state index in [4.69, 9.17) is 9.99 Å². The first-order valence-electron chi connectivity index (χ1n) is 3.78. The summed E-state index contributed by atoms with van der Waals surface area (Å²) in [6, 6.07) is 0. The standard InChI is InChI=1S/C6H11NO4/c8-11-10-6-5-7(6)1-3-9-4-2-7/h6H,1-5H2/p+1. The lowest BCUT2D eigenvalue weighted by molar-refractivity contribution is -0.850. The molecule has 0 aromatic rings. The van der Waals surface area contributed by atoms with Crippen molar-refractivity contribution in [3.05, 3.63) is 0 Å². The third-order valence-electron chi connectivity index (χ3n) is 2.51. The van der Waals surface area contributed by atoms with Gasteiger partial charge in [-0.05, 0) is 0 Å². The van der Waals surface area contributed by atoms with Gasteiger partial charge < -0.3 is 4.74 Å². The Morgan fingerprint density at radius 1 is 1.36 bits per heavy atom. The van der Waals surface area contributed by atoms with E-state index in [0.29, 0.717) is 0 Å². The molecule has 0 aromatic heterocycles. The molecule has 2 saturated heterocycles. The van der Waals surface area contributed by atoms with Crippen LogP contribution in [0.25, 0.3) is 0 Å². The molecule has 0 saturated carbocycles. The number of ether oxygens (including phenoxy) is 1. The van der Waals surface area contributed by atoms with Crippen molar-refractivity contribution < 1.29 is 24.4 Å². The van der Waals surface area contributed by atoms with Crippen LogP contribution >= 0.6 is 0 Å². The molecule has 5 heteroatoms. The van der Waals surface area contributed by atoms with E-state index in [0.717, 1.165) is 37.3 Å². The second kappa shape index (κ2) is 2.69. The van der Waals surface area contributed by atoms with Crippen LogP contribution in [-0.2, 0) is 14.7 Å². The van der Waals surface area contributed by atoms with Crippen LogP contribution in [0.4, 0.5) is 0 Å². The van der Waals surface area contributed by atoms with Gasteiger partial charge in [0.05, 0.1) is 13.2 Å². The van der Waals surface area contributed by atoms with Crippen LogP contribution < -0.4 is 0 Å². The molecule has 2 heterocycles. The van der Waals surface area contributed by atoms with E-state index < -0.39 is 0 Å². The summed E-state index contributed by atoms with van der Waals surface area (Å²) in [6.07, 6.45) is 0.0314. The van der Waals surface area contributed by atoms with Crippen molar-refractivity contribution in [3.63, 3.8) is 0 Å². The first-order valence-corrected chi connectivity index (χ1v) is 3.78. The van der Waals surface area contributed by atoms with E-state index in [1.54, 1.807) is 0 Å². The average molecular weight is 162 g/mol. The fourth-order valence-electron chi connectivity index (χ4n) is 1.61. The van der Waals surface area contributed by atoms with Crippen LogP contribution in [-0.4, -0.2) is 48.8 Å². The third kappa shape index (κ3) is 1.25. The predicted octanol–water partition coefficient (Wildman–Crippen LogP) is -0.406. The third-order valence-corrected chi connectivity index (χ3v) is 2.51. The van der Waals surface area contributed by atoms with Gasteiger partial charge in [0.2, 0.25) is 0 Å². The lowest BCUT2D eigenvalue weighted by atomic mass is 10.5. The molecule has 0 aliphatic carbocycles. The number of nitrogens with zero attached hydrogens (tertiary/aromatic N) is 1. The van der Waals surface area contributed by atoms with Gasteiger partial charge in [-0.15, -0.1) is 4.89 Å². The Morgan fingerprint density at radius 3 is 2.73 bits per heavy atom. The first kappa shape index (κ1) is 7.45. The topological polar surface area (TPSA) is 47.9 Å². The van der Waals surface area contributed by atoms with Crippen molar-refractivity contribution in [1.29, 1.82) is 0 Å². The zero-order chi connectivity index (χ0) is 7.73. The van der Waals surface area contributed by atoms with Crippen molar-refractivity contribution in [1.82, 2.24) is 0 Å². The second-order valence-corrected chi connectivity index (χ2v) is 3.09. The van der Waals surface area contributed by atoms with Gasteiger partial charge in [0.25, 0.3) is 6.23 Å². The summed E-state index contributed by atoms with van der Waals surface area (Å²) >= 11 is 0. The molecule has 1 N–H and O–H groups in total. The molecule has 0 amide bonds. The van der Waals surface area contributed by atoms with Crippen molar-refractivity contribution in [2.75, 3.05) is 32.8 Å². The van der Waals surface area contributed by atoms with Gasteiger partial charge in [-0.3, -0.25) is 4.48 Å². The predicted molar refractivity (Wildman–Crippen MR) is 34.3 cm³/mol. The Hall–Kier alpha value is -0.200. The van der Waals surface area contributed by atoms with Crippen LogP contribution in [0.3, 0.4) is 0 Å². The molecule has 5 nitrogen and oxygen atoms in total. The van der Waals surface area contributed by atoms with E-state index in [1.165, 1.54) is 0 Å². The quantitative estimate of drug-likeness (QED) is 0.259. The Labute approximate surface area is 64.5 Å². The van der Waals surface area contributed by atoms with Crippen molar-refractivity contribution >= 4 is 0 Å². The van der Waals surface area contributed by atoms with Crippen LogP contribution in [0.5, 0.6) is 0 Å². The minimum absolute atomic E-state index is 0.0314. The summed E-state index contributed by atoms with van der Waals surface area (Å²) in [5.74, 6) is 0. The van der Waals surface area contributed by atoms with E-state index in [9.17, 15) is 0 Å². The summed E-state index contributed by atoms with van der Waals surface area (Å²) in [5.41, 5.74) is 0. The first-order chi connectivity index (χ1) is 5.37. The Morgan fingerprint density at radius 2 is 2.09 bits per heavy atom. The molecule has 0 aromatic carbocycles. The second-order valence-electron chi connectivity index (χ2n) is 3.09. The highest BCUT2D eigenvalue weighted by atomic mass is 17.5. The number of morpholine rings is 1. The zero-order valence-electron chi connectivity index (χ0n) is 6.23. The SMILES string of the molecule is OOOC1C[N+]12CCOCC2. The van der Waals surface area contributed by atoms with Crippen molar-refractivity contribution in [2.45, 2.75) is 6.23 Å². The van der Waals surface area contributed by atoms with Crippen LogP contribution in [0, 0.1) is 0 Å². The van der Waals surface area contributed by atoms with Crippen LogP contribution in [0.1, 0.15) is 0 Å². The number of hydrogen-bond donors (Lipinski definition) is 1. The molecular weight excluding hydrogens is 150 g/mol. The summed E-state index contributed by atoms with van der Waals surface area (Å²) < 4.78 is 6.09. The molecule has 1 unspecified atom stereocenters. The highest BCUT2D eigenvalue weighted by molar-refractivity contribution is 4.66. The molecule has 2 fully saturated rings. The number of hydrogen-bond acceptors (Lipinski definition) is 4. The Kier molecular flexibility index (Phi) is 1.82. The monoisotopic (exact) mass is 162 g/mol. The van der Waals surface area contributed by atoms with Crippen LogP contribution in [0.15, 0.2) is 0 Å². The molecule has 64 valence electrons. The zero-order valence-corrected chi connectivity index (χ0v) is 6.23. The molecule has 2 rings (SSSR count). The van der Waals surface area contributed by atoms with Crippen LogP contribution in [0.2, 0.25) is 0 Å². The van der Waals surface area contributed by atoms with Gasteiger partial charge in [0, 0.05) is 0 Å². The van der Waals surface area contributed by atoms with Gasteiger partial charge >= 0.3 is 0 Å². The molecule has 0 bridgehead atoms. The number of quaternary nitrogens is 1. The van der Waals surface area contributed by atoms with E-state index in [2.05, 4.69) is 9.93 Å². The summed E-state index contributed by atoms with van der Waals surface area (Å²) in [5, 5.41) is 11.7. The summed E-state index contributed by atoms with van der Waals surface area (Å²) in [4.78, 5) is 4.62. The smallest absolute Gasteiger partial charge is 0.276 e. The lowest BCUT2D eigenvalue weighted by Gasteiger charge is -2.23. The van der Waals surface area contributed by atoms with E-state index in [1.807, 2.05) is 0 Å². The Balaban J connectivity index is 1.84. The maximum Gasteiger partial charge on any atom is 0.276 e. The van der Waals surface area contributed by atoms with Gasteiger partial charge in [0.15, 0.2) is 6.54 Å². The average Bonchev–Trinajstić information content (AvgIpc) is 2.66. The minimum atomic E-state index is 0.0314. The Bertz CT molecular complexity index is 146. The fraction of sp³-hybridized carbons (Fsp3) is 1.00. The van der Waals surface area contributed by atoms with E-state index in [-0.39, 0.29) is 6.23 Å². The molecule has 2 aliphatic heterocycles. The molecule has 0 radical (unpaired) electrons. The van der Waals surface area contributed by atoms with Crippen molar-refractivity contribution in [2.24, 2.45) is 0 Å².